The van der Waals surface area contributed by atoms with Crippen LogP contribution in [-0.2, 0) is 0 Å². The van der Waals surface area contributed by atoms with Crippen LogP contribution < -0.4 is 5.32 Å². The van der Waals surface area contributed by atoms with E-state index in [-0.39, 0.29) is 0 Å². The standard InChI is InChI=1S/C14H28N2/c1-10-5-6-14(7-11(10)2)16-8-12(3)15-13(4)9-16/h10-15H,5-9H2,1-4H3. The van der Waals surface area contributed by atoms with Gasteiger partial charge < -0.3 is 5.32 Å². The molecule has 0 spiro atoms. The number of hydrogen-bond donors (Lipinski definition) is 1. The van der Waals surface area contributed by atoms with Gasteiger partial charge in [0.1, 0.15) is 0 Å². The van der Waals surface area contributed by atoms with Gasteiger partial charge in [0, 0.05) is 31.2 Å². The first-order valence-electron chi connectivity index (χ1n) is 7.06. The lowest BCUT2D eigenvalue weighted by Crippen LogP contribution is -2.57. The molecule has 2 aliphatic rings. The van der Waals surface area contributed by atoms with Crippen LogP contribution in [0.3, 0.4) is 0 Å². The van der Waals surface area contributed by atoms with Crippen molar-refractivity contribution < 1.29 is 0 Å². The second-order valence-electron chi connectivity index (χ2n) is 6.34. The largest absolute Gasteiger partial charge is 0.309 e. The third kappa shape index (κ3) is 2.78. The molecular weight excluding hydrogens is 196 g/mol. The topological polar surface area (TPSA) is 15.3 Å². The van der Waals surface area contributed by atoms with Crippen LogP contribution in [0.25, 0.3) is 0 Å². The van der Waals surface area contributed by atoms with Gasteiger partial charge >= 0.3 is 0 Å². The molecule has 94 valence electrons. The minimum atomic E-state index is 0.665. The number of hydrogen-bond acceptors (Lipinski definition) is 2. The van der Waals surface area contributed by atoms with Crippen LogP contribution in [-0.4, -0.2) is 36.1 Å². The zero-order valence-electron chi connectivity index (χ0n) is 11.4. The molecule has 0 bridgehead atoms. The van der Waals surface area contributed by atoms with E-state index < -0.39 is 0 Å². The summed E-state index contributed by atoms with van der Waals surface area (Å²) < 4.78 is 0. The summed E-state index contributed by atoms with van der Waals surface area (Å²) in [7, 11) is 0. The fraction of sp³-hybridized carbons (Fsp3) is 1.00. The first kappa shape index (κ1) is 12.4. The smallest absolute Gasteiger partial charge is 0.0169 e. The van der Waals surface area contributed by atoms with Crippen LogP contribution in [0.5, 0.6) is 0 Å². The minimum Gasteiger partial charge on any atom is -0.309 e. The van der Waals surface area contributed by atoms with Gasteiger partial charge in [-0.2, -0.15) is 0 Å². The Bertz CT molecular complexity index is 219. The summed E-state index contributed by atoms with van der Waals surface area (Å²) in [5.74, 6) is 1.85. The van der Waals surface area contributed by atoms with Gasteiger partial charge in [0.15, 0.2) is 0 Å². The molecule has 0 aromatic heterocycles. The fourth-order valence-electron chi connectivity index (χ4n) is 3.52. The molecule has 1 heterocycles. The Labute approximate surface area is 101 Å². The molecule has 0 aromatic rings. The maximum Gasteiger partial charge on any atom is 0.0169 e. The molecule has 5 atom stereocenters. The van der Waals surface area contributed by atoms with E-state index in [0.29, 0.717) is 12.1 Å². The van der Waals surface area contributed by atoms with Crippen molar-refractivity contribution in [2.24, 2.45) is 11.8 Å². The highest BCUT2D eigenvalue weighted by Gasteiger charge is 2.31. The lowest BCUT2D eigenvalue weighted by Gasteiger charge is -2.44. The third-order valence-electron chi connectivity index (χ3n) is 4.67. The van der Waals surface area contributed by atoms with E-state index in [1.807, 2.05) is 0 Å². The normalized spacial score (nSPS) is 46.9. The molecule has 1 aliphatic heterocycles. The Morgan fingerprint density at radius 1 is 0.875 bits per heavy atom. The first-order chi connectivity index (χ1) is 7.56. The highest BCUT2D eigenvalue weighted by molar-refractivity contribution is 4.88. The summed E-state index contributed by atoms with van der Waals surface area (Å²) in [6.45, 7) is 12.0. The Morgan fingerprint density at radius 3 is 2.06 bits per heavy atom. The van der Waals surface area contributed by atoms with E-state index in [0.717, 1.165) is 17.9 Å². The molecule has 1 saturated carbocycles. The molecule has 2 heteroatoms. The summed E-state index contributed by atoms with van der Waals surface area (Å²) >= 11 is 0. The van der Waals surface area contributed by atoms with Gasteiger partial charge in [-0.25, -0.2) is 0 Å². The van der Waals surface area contributed by atoms with Gasteiger partial charge in [-0.3, -0.25) is 4.90 Å². The molecule has 0 radical (unpaired) electrons. The number of rotatable bonds is 1. The monoisotopic (exact) mass is 224 g/mol. The van der Waals surface area contributed by atoms with Crippen molar-refractivity contribution in [1.82, 2.24) is 10.2 Å². The molecule has 5 unspecified atom stereocenters. The van der Waals surface area contributed by atoms with Crippen molar-refractivity contribution in [3.8, 4) is 0 Å². The zero-order valence-corrected chi connectivity index (χ0v) is 11.4. The maximum atomic E-state index is 3.63. The molecule has 16 heavy (non-hydrogen) atoms. The third-order valence-corrected chi connectivity index (χ3v) is 4.67. The van der Waals surface area contributed by atoms with E-state index in [1.54, 1.807) is 0 Å². The minimum absolute atomic E-state index is 0.665. The molecule has 1 aliphatic carbocycles. The number of piperazine rings is 1. The second-order valence-corrected chi connectivity index (χ2v) is 6.34. The lowest BCUT2D eigenvalue weighted by molar-refractivity contribution is 0.0700. The number of nitrogens with zero attached hydrogens (tertiary/aromatic N) is 1. The Morgan fingerprint density at radius 2 is 1.50 bits per heavy atom. The van der Waals surface area contributed by atoms with Crippen LogP contribution in [0.1, 0.15) is 47.0 Å². The highest BCUT2D eigenvalue weighted by atomic mass is 15.2. The van der Waals surface area contributed by atoms with Crippen LogP contribution in [0.2, 0.25) is 0 Å². The zero-order chi connectivity index (χ0) is 11.7. The van der Waals surface area contributed by atoms with Gasteiger partial charge in [-0.15, -0.1) is 0 Å². The average Bonchev–Trinajstić information content (AvgIpc) is 2.20. The van der Waals surface area contributed by atoms with Crippen LogP contribution in [0.4, 0.5) is 0 Å². The van der Waals surface area contributed by atoms with E-state index in [9.17, 15) is 0 Å². The molecule has 1 N–H and O–H groups in total. The Balaban J connectivity index is 1.92. The number of nitrogens with one attached hydrogen (secondary N) is 1. The summed E-state index contributed by atoms with van der Waals surface area (Å²) in [4.78, 5) is 2.74. The molecular formula is C14H28N2. The van der Waals surface area contributed by atoms with E-state index in [4.69, 9.17) is 0 Å². The second kappa shape index (κ2) is 5.05. The van der Waals surface area contributed by atoms with Gasteiger partial charge in [-0.1, -0.05) is 13.8 Å². The van der Waals surface area contributed by atoms with Gasteiger partial charge in [0.05, 0.1) is 0 Å². The molecule has 0 aromatic carbocycles. The molecule has 1 saturated heterocycles. The average molecular weight is 224 g/mol. The van der Waals surface area contributed by atoms with Crippen molar-refractivity contribution >= 4 is 0 Å². The summed E-state index contributed by atoms with van der Waals surface area (Å²) in [6.07, 6.45) is 4.27. The van der Waals surface area contributed by atoms with Crippen molar-refractivity contribution in [1.29, 1.82) is 0 Å². The van der Waals surface area contributed by atoms with Crippen LogP contribution in [0.15, 0.2) is 0 Å². The SMILES string of the molecule is CC1CN(C2CCC(C)C(C)C2)CC(C)N1. The predicted molar refractivity (Wildman–Crippen MR) is 69.6 cm³/mol. The van der Waals surface area contributed by atoms with Gasteiger partial charge in [-0.05, 0) is 44.9 Å². The Hall–Kier alpha value is -0.0800. The van der Waals surface area contributed by atoms with Crippen molar-refractivity contribution in [3.05, 3.63) is 0 Å². The summed E-state index contributed by atoms with van der Waals surface area (Å²) in [5.41, 5.74) is 0. The van der Waals surface area contributed by atoms with Gasteiger partial charge in [0.25, 0.3) is 0 Å². The predicted octanol–water partition coefficient (Wildman–Crippen LogP) is 2.49. The fourth-order valence-corrected chi connectivity index (χ4v) is 3.52. The molecule has 2 nitrogen and oxygen atoms in total. The summed E-state index contributed by atoms with van der Waals surface area (Å²) in [5, 5.41) is 3.63. The van der Waals surface area contributed by atoms with Crippen LogP contribution >= 0.6 is 0 Å². The lowest BCUT2D eigenvalue weighted by atomic mass is 9.78. The van der Waals surface area contributed by atoms with E-state index in [2.05, 4.69) is 37.9 Å². The van der Waals surface area contributed by atoms with Gasteiger partial charge in [0.2, 0.25) is 0 Å². The highest BCUT2D eigenvalue weighted by Crippen LogP contribution is 2.32. The first-order valence-corrected chi connectivity index (χ1v) is 7.06. The van der Waals surface area contributed by atoms with Crippen molar-refractivity contribution in [3.63, 3.8) is 0 Å². The van der Waals surface area contributed by atoms with E-state index >= 15 is 0 Å². The van der Waals surface area contributed by atoms with Crippen molar-refractivity contribution in [2.45, 2.75) is 65.1 Å². The molecule has 0 amide bonds. The molecule has 2 fully saturated rings. The molecule has 2 rings (SSSR count). The maximum absolute atomic E-state index is 3.63. The van der Waals surface area contributed by atoms with Crippen LogP contribution in [0, 0.1) is 11.8 Å². The van der Waals surface area contributed by atoms with E-state index in [1.165, 1.54) is 32.4 Å². The Kier molecular flexibility index (Phi) is 3.91. The summed E-state index contributed by atoms with van der Waals surface area (Å²) in [6, 6.07) is 2.19. The van der Waals surface area contributed by atoms with Crippen molar-refractivity contribution in [2.75, 3.05) is 13.1 Å². The quantitative estimate of drug-likeness (QED) is 0.736.